The molecule has 0 radical (unpaired) electrons. The minimum atomic E-state index is -1.03. The van der Waals surface area contributed by atoms with E-state index in [4.69, 9.17) is 14.6 Å². The number of carbonyl (C=O) groups excluding carboxylic acids is 1. The van der Waals surface area contributed by atoms with Crippen LogP contribution in [0.3, 0.4) is 0 Å². The van der Waals surface area contributed by atoms with E-state index in [1.807, 2.05) is 6.92 Å². The maximum Gasteiger partial charge on any atom is 0.341 e. The average molecular weight is 279 g/mol. The first kappa shape index (κ1) is 14.3. The van der Waals surface area contributed by atoms with E-state index in [2.05, 4.69) is 5.32 Å². The van der Waals surface area contributed by atoms with E-state index in [0.717, 1.165) is 18.4 Å². The van der Waals surface area contributed by atoms with Crippen molar-refractivity contribution in [3.8, 4) is 5.75 Å². The normalized spacial score (nSPS) is 17.8. The van der Waals surface area contributed by atoms with Gasteiger partial charge >= 0.3 is 5.97 Å². The van der Waals surface area contributed by atoms with Crippen LogP contribution in [-0.2, 0) is 14.3 Å². The van der Waals surface area contributed by atoms with Crippen LogP contribution < -0.4 is 10.1 Å². The molecule has 2 rings (SSSR count). The predicted octanol–water partition coefficient (Wildman–Crippen LogP) is 1.58. The van der Waals surface area contributed by atoms with Crippen molar-refractivity contribution in [2.45, 2.75) is 25.9 Å². The molecule has 0 saturated carbocycles. The van der Waals surface area contributed by atoms with Gasteiger partial charge in [-0.25, -0.2) is 4.79 Å². The van der Waals surface area contributed by atoms with Gasteiger partial charge in [-0.2, -0.15) is 0 Å². The molecule has 0 aromatic heterocycles. The Labute approximate surface area is 116 Å². The monoisotopic (exact) mass is 279 g/mol. The fraction of sp³-hybridized carbons (Fsp3) is 0.429. The van der Waals surface area contributed by atoms with Gasteiger partial charge in [0.25, 0.3) is 5.91 Å². The van der Waals surface area contributed by atoms with Crippen LogP contribution in [-0.4, -0.2) is 36.3 Å². The molecule has 0 aliphatic carbocycles. The van der Waals surface area contributed by atoms with E-state index in [-0.39, 0.29) is 18.6 Å². The van der Waals surface area contributed by atoms with Gasteiger partial charge < -0.3 is 19.9 Å². The van der Waals surface area contributed by atoms with Crippen molar-refractivity contribution in [2.75, 3.05) is 18.5 Å². The van der Waals surface area contributed by atoms with Crippen LogP contribution in [0.4, 0.5) is 5.69 Å². The number of carboxylic acids is 1. The fourth-order valence-corrected chi connectivity index (χ4v) is 2.01. The fourth-order valence-electron chi connectivity index (χ4n) is 2.01. The molecule has 1 aromatic rings. The van der Waals surface area contributed by atoms with Crippen LogP contribution in [0.2, 0.25) is 0 Å². The first-order chi connectivity index (χ1) is 9.56. The van der Waals surface area contributed by atoms with Gasteiger partial charge in [0.2, 0.25) is 0 Å². The van der Waals surface area contributed by atoms with Gasteiger partial charge in [-0.15, -0.1) is 0 Å². The standard InChI is InChI=1S/C14H17NO5/c1-9-7-10(20-8-13(16)17)4-5-11(9)15-14(18)12-3-2-6-19-12/h4-5,7,12H,2-3,6,8H2,1H3,(H,15,18)(H,16,17)/t12-/m0/s1. The third-order valence-corrected chi connectivity index (χ3v) is 3.04. The number of aryl methyl sites for hydroxylation is 1. The summed E-state index contributed by atoms with van der Waals surface area (Å²) >= 11 is 0. The van der Waals surface area contributed by atoms with Gasteiger partial charge in [0.1, 0.15) is 11.9 Å². The summed E-state index contributed by atoms with van der Waals surface area (Å²) in [4.78, 5) is 22.3. The molecule has 1 fully saturated rings. The number of aliphatic carboxylic acids is 1. The number of hydrogen-bond donors (Lipinski definition) is 2. The number of ether oxygens (including phenoxy) is 2. The molecule has 2 N–H and O–H groups in total. The Morgan fingerprint density at radius 3 is 2.90 bits per heavy atom. The summed E-state index contributed by atoms with van der Waals surface area (Å²) < 4.78 is 10.4. The second-order valence-corrected chi connectivity index (χ2v) is 4.65. The topological polar surface area (TPSA) is 84.9 Å². The van der Waals surface area contributed by atoms with Gasteiger partial charge in [0.15, 0.2) is 6.61 Å². The summed E-state index contributed by atoms with van der Waals surface area (Å²) in [5.74, 6) is -0.719. The Kier molecular flexibility index (Phi) is 4.57. The Hall–Kier alpha value is -2.08. The van der Waals surface area contributed by atoms with Crippen LogP contribution >= 0.6 is 0 Å². The molecule has 1 atom stereocenters. The number of hydrogen-bond acceptors (Lipinski definition) is 4. The van der Waals surface area contributed by atoms with E-state index in [0.29, 0.717) is 18.0 Å². The predicted molar refractivity (Wildman–Crippen MR) is 71.9 cm³/mol. The molecular weight excluding hydrogens is 262 g/mol. The van der Waals surface area contributed by atoms with Crippen molar-refractivity contribution in [3.05, 3.63) is 23.8 Å². The summed E-state index contributed by atoms with van der Waals surface area (Å²) in [7, 11) is 0. The lowest BCUT2D eigenvalue weighted by Gasteiger charge is -2.13. The summed E-state index contributed by atoms with van der Waals surface area (Å²) in [6.45, 7) is 2.05. The van der Waals surface area contributed by atoms with E-state index >= 15 is 0 Å². The molecule has 20 heavy (non-hydrogen) atoms. The Morgan fingerprint density at radius 2 is 2.30 bits per heavy atom. The minimum Gasteiger partial charge on any atom is -0.482 e. The van der Waals surface area contributed by atoms with E-state index in [9.17, 15) is 9.59 Å². The van der Waals surface area contributed by atoms with E-state index in [1.54, 1.807) is 18.2 Å². The first-order valence-corrected chi connectivity index (χ1v) is 6.44. The molecule has 1 aliphatic rings. The first-order valence-electron chi connectivity index (χ1n) is 6.44. The summed E-state index contributed by atoms with van der Waals surface area (Å²) in [5, 5.41) is 11.4. The molecule has 0 bridgehead atoms. The Morgan fingerprint density at radius 1 is 1.50 bits per heavy atom. The molecule has 1 heterocycles. The van der Waals surface area contributed by atoms with Crippen LogP contribution in [0.15, 0.2) is 18.2 Å². The number of amides is 1. The largest absolute Gasteiger partial charge is 0.482 e. The van der Waals surface area contributed by atoms with E-state index < -0.39 is 5.97 Å². The molecule has 1 saturated heterocycles. The summed E-state index contributed by atoms with van der Waals surface area (Å²) in [6, 6.07) is 5.01. The summed E-state index contributed by atoms with van der Waals surface area (Å²) in [6.07, 6.45) is 1.27. The third-order valence-electron chi connectivity index (χ3n) is 3.04. The van der Waals surface area contributed by atoms with Crippen molar-refractivity contribution in [2.24, 2.45) is 0 Å². The number of carbonyl (C=O) groups is 2. The van der Waals surface area contributed by atoms with Gasteiger partial charge in [-0.1, -0.05) is 0 Å². The summed E-state index contributed by atoms with van der Waals surface area (Å²) in [5.41, 5.74) is 1.48. The zero-order chi connectivity index (χ0) is 14.5. The molecule has 6 heteroatoms. The van der Waals surface area contributed by atoms with Crippen molar-refractivity contribution in [3.63, 3.8) is 0 Å². The average Bonchev–Trinajstić information content (AvgIpc) is 2.93. The molecular formula is C14H17NO5. The molecule has 1 aliphatic heterocycles. The number of benzene rings is 1. The molecule has 0 spiro atoms. The van der Waals surface area contributed by atoms with Gasteiger partial charge in [-0.05, 0) is 43.5 Å². The third kappa shape index (κ3) is 3.71. The van der Waals surface area contributed by atoms with Gasteiger partial charge in [0, 0.05) is 12.3 Å². The van der Waals surface area contributed by atoms with Crippen LogP contribution in [0.1, 0.15) is 18.4 Å². The zero-order valence-corrected chi connectivity index (χ0v) is 11.2. The second-order valence-electron chi connectivity index (χ2n) is 4.65. The highest BCUT2D eigenvalue weighted by Gasteiger charge is 2.23. The maximum atomic E-state index is 11.9. The Bertz CT molecular complexity index is 508. The molecule has 0 unspecified atom stereocenters. The quantitative estimate of drug-likeness (QED) is 0.854. The highest BCUT2D eigenvalue weighted by molar-refractivity contribution is 5.95. The molecule has 108 valence electrons. The molecule has 1 aromatic carbocycles. The molecule has 6 nitrogen and oxygen atoms in total. The number of nitrogens with one attached hydrogen (secondary N) is 1. The SMILES string of the molecule is Cc1cc(OCC(=O)O)ccc1NC(=O)[C@@H]1CCCO1. The number of rotatable bonds is 5. The van der Waals surface area contributed by atoms with E-state index in [1.165, 1.54) is 0 Å². The molecule has 1 amide bonds. The van der Waals surface area contributed by atoms with Crippen LogP contribution in [0.5, 0.6) is 5.75 Å². The number of carboxylic acid groups (broad SMARTS) is 1. The second kappa shape index (κ2) is 6.38. The highest BCUT2D eigenvalue weighted by Crippen LogP contribution is 2.22. The Balaban J connectivity index is 1.98. The maximum absolute atomic E-state index is 11.9. The van der Waals surface area contributed by atoms with Gasteiger partial charge in [-0.3, -0.25) is 4.79 Å². The van der Waals surface area contributed by atoms with Crippen molar-refractivity contribution in [1.82, 2.24) is 0 Å². The van der Waals surface area contributed by atoms with Crippen molar-refractivity contribution < 1.29 is 24.2 Å². The highest BCUT2D eigenvalue weighted by atomic mass is 16.5. The zero-order valence-electron chi connectivity index (χ0n) is 11.2. The van der Waals surface area contributed by atoms with Crippen molar-refractivity contribution >= 4 is 17.6 Å². The van der Waals surface area contributed by atoms with Gasteiger partial charge in [0.05, 0.1) is 0 Å². The van der Waals surface area contributed by atoms with Crippen LogP contribution in [0.25, 0.3) is 0 Å². The number of anilines is 1. The smallest absolute Gasteiger partial charge is 0.341 e. The lowest BCUT2D eigenvalue weighted by Crippen LogP contribution is -2.27. The minimum absolute atomic E-state index is 0.148. The van der Waals surface area contributed by atoms with Crippen molar-refractivity contribution in [1.29, 1.82) is 0 Å². The lowest BCUT2D eigenvalue weighted by molar-refractivity contribution is -0.139. The lowest BCUT2D eigenvalue weighted by atomic mass is 10.1. The van der Waals surface area contributed by atoms with Crippen LogP contribution in [0, 0.1) is 6.92 Å².